The Morgan fingerprint density at radius 2 is 1.81 bits per heavy atom. The number of alkyl halides is 3. The molecule has 10 heteroatoms. The van der Waals surface area contributed by atoms with Crippen LogP contribution in [0.2, 0.25) is 5.02 Å². The van der Waals surface area contributed by atoms with Gasteiger partial charge in [-0.25, -0.2) is 4.98 Å². The molecule has 2 aromatic carbocycles. The summed E-state index contributed by atoms with van der Waals surface area (Å²) < 4.78 is 40.1. The Balaban J connectivity index is 1.87. The van der Waals surface area contributed by atoms with E-state index in [1.807, 2.05) is 0 Å². The largest absolute Gasteiger partial charge is 0.416 e. The summed E-state index contributed by atoms with van der Waals surface area (Å²) in [6.45, 7) is 4.99. The van der Waals surface area contributed by atoms with Crippen LogP contribution in [0.15, 0.2) is 61.3 Å². The minimum Gasteiger partial charge on any atom is -0.383 e. The fraction of sp³-hybridized carbons (Fsp3) is 0.115. The highest BCUT2D eigenvalue weighted by atomic mass is 35.5. The van der Waals surface area contributed by atoms with Crippen LogP contribution in [0.1, 0.15) is 39.5 Å². The number of nitrogens with one attached hydrogen (secondary N) is 2. The number of aromatic nitrogens is 1. The molecule has 36 heavy (non-hydrogen) atoms. The van der Waals surface area contributed by atoms with E-state index in [2.05, 4.69) is 34.0 Å². The van der Waals surface area contributed by atoms with Gasteiger partial charge in [0.1, 0.15) is 5.82 Å². The van der Waals surface area contributed by atoms with E-state index in [0.29, 0.717) is 11.3 Å². The van der Waals surface area contributed by atoms with Gasteiger partial charge < -0.3 is 16.4 Å². The van der Waals surface area contributed by atoms with Gasteiger partial charge in [0.25, 0.3) is 5.91 Å². The van der Waals surface area contributed by atoms with E-state index in [1.165, 1.54) is 42.6 Å². The summed E-state index contributed by atoms with van der Waals surface area (Å²) >= 11 is 6.22. The molecule has 0 saturated carbocycles. The van der Waals surface area contributed by atoms with Crippen molar-refractivity contribution < 1.29 is 22.8 Å². The molecule has 0 unspecified atom stereocenters. The van der Waals surface area contributed by atoms with Crippen molar-refractivity contribution in [3.8, 4) is 11.8 Å². The van der Waals surface area contributed by atoms with Gasteiger partial charge in [-0.15, -0.1) is 0 Å². The zero-order chi connectivity index (χ0) is 26.5. The minimum atomic E-state index is -4.54. The molecular weight excluding hydrogens is 493 g/mol. The monoisotopic (exact) mass is 512 g/mol. The van der Waals surface area contributed by atoms with Crippen molar-refractivity contribution in [1.82, 2.24) is 4.98 Å². The second-order valence-corrected chi connectivity index (χ2v) is 7.88. The molecule has 3 rings (SSSR count). The molecule has 1 aromatic heterocycles. The number of anilines is 3. The number of nitrogen functional groups attached to an aromatic ring is 1. The maximum Gasteiger partial charge on any atom is 0.416 e. The minimum absolute atomic E-state index is 0.00402. The Morgan fingerprint density at radius 1 is 1.08 bits per heavy atom. The Bertz CT molecular complexity index is 1410. The van der Waals surface area contributed by atoms with Gasteiger partial charge in [0, 0.05) is 16.8 Å². The predicted octanol–water partition coefficient (Wildman–Crippen LogP) is 5.68. The SMILES string of the molecule is C=CC(=O)Nc1cnc(N)c(C#Cc2cc(C(=O)Nc3ccc(CC)c(C(F)(F)F)c3)ccc2Cl)c1. The van der Waals surface area contributed by atoms with Gasteiger partial charge in [-0.2, -0.15) is 13.2 Å². The lowest BCUT2D eigenvalue weighted by atomic mass is 10.0. The molecule has 0 bridgehead atoms. The first-order valence-electron chi connectivity index (χ1n) is 10.5. The van der Waals surface area contributed by atoms with Crippen molar-refractivity contribution in [2.75, 3.05) is 16.4 Å². The van der Waals surface area contributed by atoms with E-state index in [4.69, 9.17) is 17.3 Å². The first-order valence-corrected chi connectivity index (χ1v) is 10.9. The lowest BCUT2D eigenvalue weighted by Crippen LogP contribution is -2.14. The maximum absolute atomic E-state index is 13.4. The number of pyridine rings is 1. The number of aryl methyl sites for hydroxylation is 1. The average Bonchev–Trinajstić information content (AvgIpc) is 2.84. The Labute approximate surface area is 210 Å². The molecule has 0 aliphatic rings. The number of hydrogen-bond donors (Lipinski definition) is 3. The maximum atomic E-state index is 13.4. The third-order valence-electron chi connectivity index (χ3n) is 4.99. The van der Waals surface area contributed by atoms with E-state index in [9.17, 15) is 22.8 Å². The summed E-state index contributed by atoms with van der Waals surface area (Å²) in [5.74, 6) is 4.64. The van der Waals surface area contributed by atoms with E-state index < -0.39 is 23.6 Å². The number of carbonyl (C=O) groups excluding carboxylic acids is 2. The van der Waals surface area contributed by atoms with Gasteiger partial charge >= 0.3 is 6.18 Å². The van der Waals surface area contributed by atoms with Crippen molar-refractivity contribution in [1.29, 1.82) is 0 Å². The van der Waals surface area contributed by atoms with E-state index in [-0.39, 0.29) is 39.6 Å². The summed E-state index contributed by atoms with van der Waals surface area (Å²) in [4.78, 5) is 28.2. The second-order valence-electron chi connectivity index (χ2n) is 7.47. The van der Waals surface area contributed by atoms with Gasteiger partial charge in [-0.3, -0.25) is 9.59 Å². The van der Waals surface area contributed by atoms with Crippen molar-refractivity contribution in [3.05, 3.63) is 94.2 Å². The number of rotatable bonds is 5. The summed E-state index contributed by atoms with van der Waals surface area (Å²) in [7, 11) is 0. The van der Waals surface area contributed by atoms with Crippen molar-refractivity contribution in [2.24, 2.45) is 0 Å². The highest BCUT2D eigenvalue weighted by Crippen LogP contribution is 2.34. The van der Waals surface area contributed by atoms with Gasteiger partial charge in [0.05, 0.1) is 28.0 Å². The second kappa shape index (κ2) is 11.0. The quantitative estimate of drug-likeness (QED) is 0.303. The van der Waals surface area contributed by atoms with Crippen molar-refractivity contribution >= 4 is 40.6 Å². The zero-order valence-electron chi connectivity index (χ0n) is 19.0. The third-order valence-corrected chi connectivity index (χ3v) is 5.32. The summed E-state index contributed by atoms with van der Waals surface area (Å²) in [6.07, 6.45) is -1.89. The summed E-state index contributed by atoms with van der Waals surface area (Å²) in [5.41, 5.74) is 6.26. The van der Waals surface area contributed by atoms with Crippen LogP contribution in [-0.2, 0) is 17.4 Å². The van der Waals surface area contributed by atoms with Crippen LogP contribution in [0.4, 0.5) is 30.4 Å². The van der Waals surface area contributed by atoms with E-state index >= 15 is 0 Å². The number of nitrogens with two attached hydrogens (primary N) is 1. The van der Waals surface area contributed by atoms with Crippen LogP contribution in [-0.4, -0.2) is 16.8 Å². The first kappa shape index (κ1) is 26.3. The van der Waals surface area contributed by atoms with Gasteiger partial charge in [0.2, 0.25) is 5.91 Å². The fourth-order valence-corrected chi connectivity index (χ4v) is 3.33. The van der Waals surface area contributed by atoms with Crippen LogP contribution in [0.3, 0.4) is 0 Å². The number of halogens is 4. The highest BCUT2D eigenvalue weighted by Gasteiger charge is 2.33. The van der Waals surface area contributed by atoms with Gasteiger partial charge in [-0.05, 0) is 54.5 Å². The molecule has 0 aliphatic heterocycles. The molecule has 1 heterocycles. The molecule has 0 radical (unpaired) electrons. The van der Waals surface area contributed by atoms with E-state index in [0.717, 1.165) is 12.1 Å². The van der Waals surface area contributed by atoms with E-state index in [1.54, 1.807) is 6.92 Å². The molecule has 0 spiro atoms. The molecule has 184 valence electrons. The fourth-order valence-electron chi connectivity index (χ4n) is 3.16. The first-order chi connectivity index (χ1) is 17.0. The van der Waals surface area contributed by atoms with Crippen molar-refractivity contribution in [2.45, 2.75) is 19.5 Å². The normalized spacial score (nSPS) is 10.7. The van der Waals surface area contributed by atoms with Crippen LogP contribution in [0, 0.1) is 11.8 Å². The van der Waals surface area contributed by atoms with Crippen LogP contribution >= 0.6 is 11.6 Å². The van der Waals surface area contributed by atoms with Gasteiger partial charge in [-0.1, -0.05) is 43.0 Å². The third kappa shape index (κ3) is 6.43. The number of carbonyl (C=O) groups is 2. The summed E-state index contributed by atoms with van der Waals surface area (Å²) in [5, 5.41) is 5.26. The van der Waals surface area contributed by atoms with Crippen molar-refractivity contribution in [3.63, 3.8) is 0 Å². The molecule has 2 amide bonds. The van der Waals surface area contributed by atoms with Crippen LogP contribution in [0.25, 0.3) is 0 Å². The number of hydrogen-bond acceptors (Lipinski definition) is 4. The lowest BCUT2D eigenvalue weighted by Gasteiger charge is -2.14. The van der Waals surface area contributed by atoms with Crippen LogP contribution in [0.5, 0.6) is 0 Å². The summed E-state index contributed by atoms with van der Waals surface area (Å²) in [6, 6.07) is 9.44. The topological polar surface area (TPSA) is 97.1 Å². The molecule has 0 aliphatic carbocycles. The Kier molecular flexibility index (Phi) is 8.02. The molecule has 6 nitrogen and oxygen atoms in total. The molecule has 0 fully saturated rings. The molecule has 4 N–H and O–H groups in total. The predicted molar refractivity (Wildman–Crippen MR) is 134 cm³/mol. The number of amides is 2. The smallest absolute Gasteiger partial charge is 0.383 e. The Morgan fingerprint density at radius 3 is 2.47 bits per heavy atom. The molecular formula is C26H20ClF3N4O2. The standard InChI is InChI=1S/C26H20ClF3N4O2/c1-3-15-7-9-19(13-21(15)26(28,29)30)34-25(36)18-8-10-22(27)16(11-18)5-6-17-12-20(14-32-24(17)31)33-23(35)4-2/h4,7-14H,2-3H2,1H3,(H2,31,32)(H,33,35)(H,34,36). The number of nitrogens with zero attached hydrogens (tertiary/aromatic N) is 1. The Hall–Kier alpha value is -4.29. The van der Waals surface area contributed by atoms with Crippen LogP contribution < -0.4 is 16.4 Å². The average molecular weight is 513 g/mol. The van der Waals surface area contributed by atoms with Gasteiger partial charge in [0.15, 0.2) is 0 Å². The molecule has 0 atom stereocenters. The highest BCUT2D eigenvalue weighted by molar-refractivity contribution is 6.32. The lowest BCUT2D eigenvalue weighted by molar-refractivity contribution is -0.138. The molecule has 3 aromatic rings. The molecule has 0 saturated heterocycles. The zero-order valence-corrected chi connectivity index (χ0v) is 19.7. The number of benzene rings is 2.